The van der Waals surface area contributed by atoms with Gasteiger partial charge in [0.1, 0.15) is 17.6 Å². The number of benzene rings is 1. The number of hydrogen-bond donors (Lipinski definition) is 0. The third-order valence-electron chi connectivity index (χ3n) is 6.28. The van der Waals surface area contributed by atoms with Gasteiger partial charge in [-0.05, 0) is 30.5 Å². The summed E-state index contributed by atoms with van der Waals surface area (Å²) in [6, 6.07) is 7.72. The van der Waals surface area contributed by atoms with Crippen LogP contribution >= 0.6 is 0 Å². The second-order valence-corrected chi connectivity index (χ2v) is 9.04. The number of hydrogen-bond acceptors (Lipinski definition) is 6. The number of ketones is 1. The zero-order valence-electron chi connectivity index (χ0n) is 18.9. The normalized spacial score (nSPS) is 21.2. The Morgan fingerprint density at radius 2 is 1.88 bits per heavy atom. The molecule has 4 rings (SSSR count). The van der Waals surface area contributed by atoms with E-state index in [1.54, 1.807) is 11.8 Å². The number of nitrogens with zero attached hydrogens (tertiary/aromatic N) is 4. The molecule has 0 bridgehead atoms. The molecule has 0 aliphatic carbocycles. The highest BCUT2D eigenvalue weighted by atomic mass is 19.3. The number of rotatable bonds is 7. The number of halogens is 3. The van der Waals surface area contributed by atoms with Crippen LogP contribution in [0.1, 0.15) is 51.0 Å². The van der Waals surface area contributed by atoms with Gasteiger partial charge in [0.2, 0.25) is 5.95 Å². The molecule has 0 saturated carbocycles. The van der Waals surface area contributed by atoms with E-state index in [1.807, 2.05) is 36.1 Å². The molecule has 2 aliphatic rings. The minimum atomic E-state index is -2.66. The van der Waals surface area contributed by atoms with Crippen molar-refractivity contribution in [2.24, 2.45) is 0 Å². The van der Waals surface area contributed by atoms with E-state index in [0.29, 0.717) is 25.9 Å². The van der Waals surface area contributed by atoms with E-state index in [2.05, 4.69) is 9.97 Å². The van der Waals surface area contributed by atoms with Gasteiger partial charge in [-0.2, -0.15) is 4.98 Å². The molecular formula is C24H29F3N4O2. The number of carbonyl (C=O) groups is 1. The van der Waals surface area contributed by atoms with Gasteiger partial charge in [0, 0.05) is 45.3 Å². The largest absolute Gasteiger partial charge is 0.489 e. The Hall–Kier alpha value is -2.84. The number of anilines is 2. The quantitative estimate of drug-likeness (QED) is 0.600. The summed E-state index contributed by atoms with van der Waals surface area (Å²) in [7, 11) is 0. The van der Waals surface area contributed by atoms with Gasteiger partial charge in [-0.15, -0.1) is 0 Å². The smallest absolute Gasteiger partial charge is 0.251 e. The molecule has 0 amide bonds. The van der Waals surface area contributed by atoms with Gasteiger partial charge in [0.05, 0.1) is 12.7 Å². The van der Waals surface area contributed by atoms with E-state index in [0.717, 1.165) is 17.5 Å². The van der Waals surface area contributed by atoms with Crippen LogP contribution in [-0.4, -0.2) is 54.0 Å². The summed E-state index contributed by atoms with van der Waals surface area (Å²) in [4.78, 5) is 23.2. The average Bonchev–Trinajstić information content (AvgIpc) is 3.22. The molecule has 2 fully saturated rings. The van der Waals surface area contributed by atoms with Crippen LogP contribution in [0, 0.1) is 5.82 Å². The van der Waals surface area contributed by atoms with Gasteiger partial charge in [-0.1, -0.05) is 19.1 Å². The molecule has 0 radical (unpaired) electrons. The Labute approximate surface area is 191 Å². The first-order valence-electron chi connectivity index (χ1n) is 11.4. The van der Waals surface area contributed by atoms with E-state index < -0.39 is 11.7 Å². The molecule has 0 N–H and O–H groups in total. The van der Waals surface area contributed by atoms with Crippen molar-refractivity contribution in [3.63, 3.8) is 0 Å². The highest BCUT2D eigenvalue weighted by Crippen LogP contribution is 2.31. The van der Waals surface area contributed by atoms with Crippen LogP contribution in [0.3, 0.4) is 0 Å². The summed E-state index contributed by atoms with van der Waals surface area (Å²) in [5.74, 6) is -1.71. The van der Waals surface area contributed by atoms with Crippen molar-refractivity contribution in [3.8, 4) is 5.75 Å². The van der Waals surface area contributed by atoms with E-state index in [9.17, 15) is 18.0 Å². The van der Waals surface area contributed by atoms with Crippen molar-refractivity contribution in [2.45, 2.75) is 57.5 Å². The Balaban J connectivity index is 1.37. The zero-order chi connectivity index (χ0) is 23.6. The topological polar surface area (TPSA) is 58.6 Å². The average molecular weight is 463 g/mol. The van der Waals surface area contributed by atoms with E-state index in [-0.39, 0.29) is 55.5 Å². The van der Waals surface area contributed by atoms with Crippen molar-refractivity contribution in [3.05, 3.63) is 41.8 Å². The maximum Gasteiger partial charge on any atom is 0.251 e. The lowest BCUT2D eigenvalue weighted by molar-refractivity contribution is -0.117. The second-order valence-electron chi connectivity index (χ2n) is 9.04. The molecule has 1 aromatic carbocycles. The maximum atomic E-state index is 14.5. The molecule has 178 valence electrons. The van der Waals surface area contributed by atoms with Gasteiger partial charge in [0.15, 0.2) is 11.6 Å². The molecule has 6 nitrogen and oxygen atoms in total. The first-order valence-corrected chi connectivity index (χ1v) is 11.4. The molecule has 3 heterocycles. The highest BCUT2D eigenvalue weighted by molar-refractivity contribution is 5.76. The van der Waals surface area contributed by atoms with Gasteiger partial charge < -0.3 is 19.3 Å². The standard InChI is InChI=1S/C24H29F3N4O2/c1-16(13-17(2)32)18-3-5-19(6-4-18)33-20-7-10-31(15-20)22-21(25)14-28-23(29-22)30-11-8-24(26,27)9-12-30/h3-6,14,16,20H,7-13,15H2,1-2H3/t16-,20-/m1/s1. The van der Waals surface area contributed by atoms with Crippen LogP contribution in [0.5, 0.6) is 5.75 Å². The predicted octanol–water partition coefficient (Wildman–Crippen LogP) is 4.59. The van der Waals surface area contributed by atoms with Crippen molar-refractivity contribution in [1.82, 2.24) is 9.97 Å². The first-order chi connectivity index (χ1) is 15.7. The molecular weight excluding hydrogens is 433 g/mol. The molecule has 2 aliphatic heterocycles. The summed E-state index contributed by atoms with van der Waals surface area (Å²) in [6.45, 7) is 4.94. The first kappa shape index (κ1) is 23.3. The van der Waals surface area contributed by atoms with E-state index in [4.69, 9.17) is 4.74 Å². The molecule has 2 aromatic rings. The van der Waals surface area contributed by atoms with E-state index >= 15 is 0 Å². The second kappa shape index (κ2) is 9.57. The van der Waals surface area contributed by atoms with Crippen molar-refractivity contribution in [1.29, 1.82) is 0 Å². The van der Waals surface area contributed by atoms with Gasteiger partial charge in [-0.3, -0.25) is 0 Å². The number of Topliss-reactive ketones (excluding diaryl/α,β-unsaturated/α-hetero) is 1. The number of carbonyl (C=O) groups excluding carboxylic acids is 1. The van der Waals surface area contributed by atoms with Crippen LogP contribution in [0.2, 0.25) is 0 Å². The van der Waals surface area contributed by atoms with Crippen LogP contribution in [0.15, 0.2) is 30.5 Å². The van der Waals surface area contributed by atoms with Gasteiger partial charge in [-0.25, -0.2) is 18.2 Å². The Morgan fingerprint density at radius 1 is 1.18 bits per heavy atom. The van der Waals surface area contributed by atoms with Crippen LogP contribution in [0.25, 0.3) is 0 Å². The molecule has 2 saturated heterocycles. The zero-order valence-corrected chi connectivity index (χ0v) is 18.9. The van der Waals surface area contributed by atoms with Crippen LogP contribution < -0.4 is 14.5 Å². The van der Waals surface area contributed by atoms with Crippen molar-refractivity contribution in [2.75, 3.05) is 36.0 Å². The minimum Gasteiger partial charge on any atom is -0.489 e. The summed E-state index contributed by atoms with van der Waals surface area (Å²) >= 11 is 0. The number of piperidine rings is 1. The van der Waals surface area contributed by atoms with Crippen molar-refractivity contribution < 1.29 is 22.7 Å². The minimum absolute atomic E-state index is 0.128. The molecule has 9 heteroatoms. The fourth-order valence-corrected chi connectivity index (χ4v) is 4.39. The third-order valence-corrected chi connectivity index (χ3v) is 6.28. The Bertz CT molecular complexity index is 976. The predicted molar refractivity (Wildman–Crippen MR) is 120 cm³/mol. The number of ether oxygens (including phenoxy) is 1. The van der Waals surface area contributed by atoms with E-state index in [1.165, 1.54) is 0 Å². The Kier molecular flexibility index (Phi) is 6.76. The monoisotopic (exact) mass is 462 g/mol. The molecule has 1 aromatic heterocycles. The fourth-order valence-electron chi connectivity index (χ4n) is 4.39. The Morgan fingerprint density at radius 3 is 2.55 bits per heavy atom. The molecule has 0 unspecified atom stereocenters. The number of alkyl halides is 2. The maximum absolute atomic E-state index is 14.5. The van der Waals surface area contributed by atoms with Crippen LogP contribution in [0.4, 0.5) is 24.9 Å². The molecule has 0 spiro atoms. The summed E-state index contributed by atoms with van der Waals surface area (Å²) in [6.07, 6.45) is 1.68. The third kappa shape index (κ3) is 5.75. The fraction of sp³-hybridized carbons (Fsp3) is 0.542. The van der Waals surface area contributed by atoms with Crippen LogP contribution in [-0.2, 0) is 4.79 Å². The lowest BCUT2D eigenvalue weighted by atomic mass is 9.96. The summed E-state index contributed by atoms with van der Waals surface area (Å²) in [5.41, 5.74) is 1.08. The SMILES string of the molecule is CC(=O)C[C@@H](C)c1ccc(O[C@@H]2CCN(c3nc(N4CCC(F)(F)CC4)ncc3F)C2)cc1. The van der Waals surface area contributed by atoms with Gasteiger partial charge >= 0.3 is 0 Å². The molecule has 33 heavy (non-hydrogen) atoms. The molecule has 2 atom stereocenters. The lowest BCUT2D eigenvalue weighted by Gasteiger charge is -2.32. The summed E-state index contributed by atoms with van der Waals surface area (Å²) in [5, 5.41) is 0. The lowest BCUT2D eigenvalue weighted by Crippen LogP contribution is -2.40. The number of aromatic nitrogens is 2. The van der Waals surface area contributed by atoms with Gasteiger partial charge in [0.25, 0.3) is 5.92 Å². The highest BCUT2D eigenvalue weighted by Gasteiger charge is 2.35. The van der Waals surface area contributed by atoms with Crippen molar-refractivity contribution >= 4 is 17.5 Å². The summed E-state index contributed by atoms with van der Waals surface area (Å²) < 4.78 is 47.5.